The molecule has 1 atom stereocenters. The number of nitrogens with zero attached hydrogens (tertiary/aromatic N) is 4. The van der Waals surface area contributed by atoms with Gasteiger partial charge in [-0.3, -0.25) is 4.57 Å². The lowest BCUT2D eigenvalue weighted by molar-refractivity contribution is 0.175. The first-order valence-electron chi connectivity index (χ1n) is 7.88. The van der Waals surface area contributed by atoms with Crippen molar-refractivity contribution in [3.05, 3.63) is 41.2 Å². The van der Waals surface area contributed by atoms with E-state index < -0.39 is 0 Å². The van der Waals surface area contributed by atoms with E-state index >= 15 is 0 Å². The van der Waals surface area contributed by atoms with Crippen molar-refractivity contribution in [2.45, 2.75) is 38.8 Å². The van der Waals surface area contributed by atoms with Gasteiger partial charge in [0.2, 0.25) is 5.95 Å². The summed E-state index contributed by atoms with van der Waals surface area (Å²) in [7, 11) is 3.70. The molecule has 1 saturated heterocycles. The number of aryl methyl sites for hydroxylation is 1. The predicted molar refractivity (Wildman–Crippen MR) is 87.0 cm³/mol. The second kappa shape index (κ2) is 6.48. The summed E-state index contributed by atoms with van der Waals surface area (Å²) in [4.78, 5) is 2.39. The van der Waals surface area contributed by atoms with E-state index in [4.69, 9.17) is 4.74 Å². The molecule has 1 unspecified atom stereocenters. The van der Waals surface area contributed by atoms with Gasteiger partial charge in [-0.1, -0.05) is 29.8 Å². The first-order chi connectivity index (χ1) is 10.7. The second-order valence-corrected chi connectivity index (χ2v) is 6.09. The zero-order chi connectivity index (χ0) is 15.5. The third-order valence-electron chi connectivity index (χ3n) is 4.44. The summed E-state index contributed by atoms with van der Waals surface area (Å²) >= 11 is 0. The fourth-order valence-electron chi connectivity index (χ4n) is 3.16. The quantitative estimate of drug-likeness (QED) is 0.851. The summed E-state index contributed by atoms with van der Waals surface area (Å²) in [6.07, 6.45) is 3.48. The number of hydrogen-bond acceptors (Lipinski definition) is 4. The van der Waals surface area contributed by atoms with E-state index in [0.29, 0.717) is 12.6 Å². The van der Waals surface area contributed by atoms with Crippen molar-refractivity contribution in [3.8, 4) is 0 Å². The number of anilines is 1. The van der Waals surface area contributed by atoms with Crippen LogP contribution in [-0.4, -0.2) is 34.5 Å². The highest BCUT2D eigenvalue weighted by Crippen LogP contribution is 2.26. The standard InChI is InChI=1S/C17H24N4O/c1-13-6-8-14(9-7-13)11-15-5-4-10-21(15)17-19-18-16(12-22-3)20(17)2/h6-9,15H,4-5,10-12H2,1-3H3. The largest absolute Gasteiger partial charge is 0.377 e. The molecule has 0 aliphatic carbocycles. The maximum atomic E-state index is 5.18. The highest BCUT2D eigenvalue weighted by atomic mass is 16.5. The van der Waals surface area contributed by atoms with Crippen molar-refractivity contribution in [3.63, 3.8) is 0 Å². The molecular weight excluding hydrogens is 276 g/mol. The molecule has 0 amide bonds. The predicted octanol–water partition coefficient (Wildman–Crippen LogP) is 2.48. The Kier molecular flexibility index (Phi) is 4.43. The zero-order valence-corrected chi connectivity index (χ0v) is 13.6. The lowest BCUT2D eigenvalue weighted by atomic mass is 10.0. The normalized spacial score (nSPS) is 18.1. The summed E-state index contributed by atoms with van der Waals surface area (Å²) in [5.74, 6) is 1.83. The average molecular weight is 300 g/mol. The van der Waals surface area contributed by atoms with Gasteiger partial charge in [-0.05, 0) is 31.7 Å². The summed E-state index contributed by atoms with van der Waals surface area (Å²) in [5.41, 5.74) is 2.70. The van der Waals surface area contributed by atoms with Crippen LogP contribution in [0.4, 0.5) is 5.95 Å². The Morgan fingerprint density at radius 3 is 2.73 bits per heavy atom. The number of benzene rings is 1. The smallest absolute Gasteiger partial charge is 0.227 e. The molecule has 0 bridgehead atoms. The Labute approximate surface area is 131 Å². The molecule has 1 fully saturated rings. The monoisotopic (exact) mass is 300 g/mol. The third kappa shape index (κ3) is 2.99. The van der Waals surface area contributed by atoms with Gasteiger partial charge < -0.3 is 9.64 Å². The van der Waals surface area contributed by atoms with E-state index in [9.17, 15) is 0 Å². The van der Waals surface area contributed by atoms with Crippen LogP contribution in [0.2, 0.25) is 0 Å². The van der Waals surface area contributed by atoms with Crippen LogP contribution in [-0.2, 0) is 24.8 Å². The average Bonchev–Trinajstić information content (AvgIpc) is 3.10. The van der Waals surface area contributed by atoms with Gasteiger partial charge in [-0.15, -0.1) is 10.2 Å². The Morgan fingerprint density at radius 1 is 1.23 bits per heavy atom. The van der Waals surface area contributed by atoms with E-state index in [1.165, 1.54) is 24.0 Å². The lowest BCUT2D eigenvalue weighted by Crippen LogP contribution is -2.33. The molecule has 118 valence electrons. The number of rotatable bonds is 5. The Morgan fingerprint density at radius 2 is 2.00 bits per heavy atom. The Balaban J connectivity index is 1.76. The van der Waals surface area contributed by atoms with Gasteiger partial charge in [0.15, 0.2) is 5.82 Å². The SMILES string of the molecule is COCc1nnc(N2CCCC2Cc2ccc(C)cc2)n1C. The third-order valence-corrected chi connectivity index (χ3v) is 4.44. The molecule has 22 heavy (non-hydrogen) atoms. The summed E-state index contributed by atoms with van der Waals surface area (Å²) in [5, 5.41) is 8.63. The van der Waals surface area contributed by atoms with Gasteiger partial charge in [-0.25, -0.2) is 0 Å². The Hall–Kier alpha value is -1.88. The Bertz CT molecular complexity index is 620. The first-order valence-corrected chi connectivity index (χ1v) is 7.88. The van der Waals surface area contributed by atoms with E-state index in [-0.39, 0.29) is 0 Å². The minimum absolute atomic E-state index is 0.500. The highest BCUT2D eigenvalue weighted by Gasteiger charge is 2.28. The van der Waals surface area contributed by atoms with Crippen LogP contribution in [0.1, 0.15) is 29.8 Å². The van der Waals surface area contributed by atoms with Gasteiger partial charge in [0, 0.05) is 26.7 Å². The topological polar surface area (TPSA) is 43.2 Å². The van der Waals surface area contributed by atoms with Crippen LogP contribution >= 0.6 is 0 Å². The maximum Gasteiger partial charge on any atom is 0.227 e. The molecule has 0 spiro atoms. The number of ether oxygens (including phenoxy) is 1. The fraction of sp³-hybridized carbons (Fsp3) is 0.529. The lowest BCUT2D eigenvalue weighted by Gasteiger charge is -2.25. The van der Waals surface area contributed by atoms with Crippen LogP contribution in [0.3, 0.4) is 0 Å². The zero-order valence-electron chi connectivity index (χ0n) is 13.6. The van der Waals surface area contributed by atoms with Gasteiger partial charge in [0.1, 0.15) is 6.61 Å². The highest BCUT2D eigenvalue weighted by molar-refractivity contribution is 5.36. The molecule has 5 nitrogen and oxygen atoms in total. The van der Waals surface area contributed by atoms with Crippen molar-refractivity contribution in [1.29, 1.82) is 0 Å². The molecule has 2 heterocycles. The van der Waals surface area contributed by atoms with Crippen LogP contribution in [0.25, 0.3) is 0 Å². The number of hydrogen-bond donors (Lipinski definition) is 0. The first kappa shape index (κ1) is 15.0. The summed E-state index contributed by atoms with van der Waals surface area (Å²) < 4.78 is 7.23. The van der Waals surface area contributed by atoms with Crippen LogP contribution in [0.15, 0.2) is 24.3 Å². The minimum atomic E-state index is 0.500. The van der Waals surface area contributed by atoms with E-state index in [1.807, 2.05) is 7.05 Å². The molecular formula is C17H24N4O. The number of aromatic nitrogens is 3. The van der Waals surface area contributed by atoms with Gasteiger partial charge in [-0.2, -0.15) is 0 Å². The molecule has 3 rings (SSSR count). The van der Waals surface area contributed by atoms with Crippen LogP contribution < -0.4 is 4.90 Å². The van der Waals surface area contributed by atoms with Crippen molar-refractivity contribution < 1.29 is 4.74 Å². The molecule has 0 N–H and O–H groups in total. The number of methoxy groups -OCH3 is 1. The fourth-order valence-corrected chi connectivity index (χ4v) is 3.16. The van der Waals surface area contributed by atoms with Crippen molar-refractivity contribution >= 4 is 5.95 Å². The van der Waals surface area contributed by atoms with Crippen molar-refractivity contribution in [2.75, 3.05) is 18.6 Å². The van der Waals surface area contributed by atoms with Gasteiger partial charge >= 0.3 is 0 Å². The van der Waals surface area contributed by atoms with Crippen molar-refractivity contribution in [1.82, 2.24) is 14.8 Å². The minimum Gasteiger partial charge on any atom is -0.377 e. The molecule has 0 saturated carbocycles. The molecule has 2 aromatic rings. The van der Waals surface area contributed by atoms with Crippen LogP contribution in [0.5, 0.6) is 0 Å². The molecule has 1 aliphatic heterocycles. The van der Waals surface area contributed by atoms with Crippen molar-refractivity contribution in [2.24, 2.45) is 7.05 Å². The molecule has 1 aliphatic rings. The van der Waals surface area contributed by atoms with Gasteiger partial charge in [0.05, 0.1) is 0 Å². The van der Waals surface area contributed by atoms with E-state index in [0.717, 1.165) is 24.7 Å². The molecule has 1 aromatic carbocycles. The summed E-state index contributed by atoms with van der Waals surface area (Å²) in [6, 6.07) is 9.35. The van der Waals surface area contributed by atoms with E-state index in [1.54, 1.807) is 7.11 Å². The van der Waals surface area contributed by atoms with E-state index in [2.05, 4.69) is 50.9 Å². The molecule has 1 aromatic heterocycles. The van der Waals surface area contributed by atoms with Crippen LogP contribution in [0, 0.1) is 6.92 Å². The van der Waals surface area contributed by atoms with Gasteiger partial charge in [0.25, 0.3) is 0 Å². The molecule has 0 radical (unpaired) electrons. The summed E-state index contributed by atoms with van der Waals surface area (Å²) in [6.45, 7) is 3.68. The second-order valence-electron chi connectivity index (χ2n) is 6.09. The maximum absolute atomic E-state index is 5.18. The molecule has 5 heteroatoms.